The Morgan fingerprint density at radius 2 is 2.03 bits per heavy atom. The monoisotopic (exact) mass is 542 g/mol. The van der Waals surface area contributed by atoms with Crippen molar-refractivity contribution in [1.29, 1.82) is 0 Å². The van der Waals surface area contributed by atoms with Crippen molar-refractivity contribution in [2.45, 2.75) is 49.2 Å². The van der Waals surface area contributed by atoms with Crippen molar-refractivity contribution in [3.05, 3.63) is 64.9 Å². The van der Waals surface area contributed by atoms with Gasteiger partial charge < -0.3 is 15.4 Å². The van der Waals surface area contributed by atoms with Crippen LogP contribution in [-0.2, 0) is 19.6 Å². The van der Waals surface area contributed by atoms with Crippen molar-refractivity contribution in [3.8, 4) is 0 Å². The molecule has 2 saturated heterocycles. The van der Waals surface area contributed by atoms with Crippen LogP contribution in [-0.4, -0.2) is 66.4 Å². The Hall–Kier alpha value is -3.35. The molecule has 4 heterocycles. The summed E-state index contributed by atoms with van der Waals surface area (Å²) in [6.07, 6.45) is 3.42. The average Bonchev–Trinajstić information content (AvgIpc) is 3.58. The topological polar surface area (TPSA) is 131 Å². The lowest BCUT2D eigenvalue weighted by atomic mass is 10.1. The van der Waals surface area contributed by atoms with E-state index in [9.17, 15) is 28.0 Å². The molecule has 3 unspecified atom stereocenters. The number of thiophene rings is 1. The largest absolute Gasteiger partial charge is 0.619 e. The molecule has 3 atom stereocenters. The first-order chi connectivity index (χ1) is 17.7. The number of pyridine rings is 1. The summed E-state index contributed by atoms with van der Waals surface area (Å²) in [5.41, 5.74) is 0. The Labute approximate surface area is 218 Å². The number of hydrogen-bond donors (Lipinski definition) is 1. The van der Waals surface area contributed by atoms with E-state index >= 15 is 0 Å². The third-order valence-electron chi connectivity index (χ3n) is 6.85. The van der Waals surface area contributed by atoms with Crippen molar-refractivity contribution in [1.82, 2.24) is 14.5 Å². The highest BCUT2D eigenvalue weighted by Gasteiger charge is 2.54. The fourth-order valence-electron chi connectivity index (χ4n) is 5.13. The molecule has 0 bridgehead atoms. The lowest BCUT2D eigenvalue weighted by Gasteiger charge is -2.28. The van der Waals surface area contributed by atoms with Crippen LogP contribution in [0.2, 0.25) is 0 Å². The number of ketones is 1. The second-order valence-corrected chi connectivity index (χ2v) is 12.2. The zero-order valence-corrected chi connectivity index (χ0v) is 21.7. The lowest BCUT2D eigenvalue weighted by molar-refractivity contribution is -0.607. The van der Waals surface area contributed by atoms with Gasteiger partial charge in [-0.3, -0.25) is 14.4 Å². The van der Waals surface area contributed by atoms with E-state index in [1.165, 1.54) is 34.6 Å². The van der Waals surface area contributed by atoms with Gasteiger partial charge in [-0.1, -0.05) is 31.5 Å². The molecule has 12 heteroatoms. The maximum atomic E-state index is 13.6. The number of amides is 2. The van der Waals surface area contributed by atoms with Gasteiger partial charge in [0.1, 0.15) is 17.0 Å². The number of carbonyl (C=O) groups excluding carboxylic acids is 3. The number of likely N-dealkylation sites (tertiary alicyclic amines) is 1. The highest BCUT2D eigenvalue weighted by Crippen LogP contribution is 2.34. The van der Waals surface area contributed by atoms with Crippen LogP contribution in [0.15, 0.2) is 59.8 Å². The molecule has 10 nitrogen and oxygen atoms in total. The minimum atomic E-state index is -4.11. The van der Waals surface area contributed by atoms with Crippen molar-refractivity contribution < 1.29 is 27.5 Å². The summed E-state index contributed by atoms with van der Waals surface area (Å²) in [5.74, 6) is -1.13. The molecular weight excluding hydrogens is 516 g/mol. The molecular formula is C25H26N4O6S2. The molecule has 0 spiro atoms. The van der Waals surface area contributed by atoms with E-state index in [2.05, 4.69) is 5.32 Å². The van der Waals surface area contributed by atoms with E-state index in [0.717, 1.165) is 20.6 Å². The third-order valence-corrected chi connectivity index (χ3v) is 9.81. The van der Waals surface area contributed by atoms with E-state index in [4.69, 9.17) is 0 Å². The van der Waals surface area contributed by atoms with Crippen LogP contribution in [0, 0.1) is 5.21 Å². The van der Waals surface area contributed by atoms with Gasteiger partial charge in [-0.2, -0.15) is 9.04 Å². The number of sulfonamides is 1. The van der Waals surface area contributed by atoms with E-state index in [1.807, 2.05) is 31.2 Å². The normalized spacial score (nSPS) is 20.8. The summed E-state index contributed by atoms with van der Waals surface area (Å²) in [6.45, 7) is 1.72. The van der Waals surface area contributed by atoms with Crippen LogP contribution < -0.4 is 10.0 Å². The number of carbonyl (C=O) groups is 3. The first-order valence-electron chi connectivity index (χ1n) is 12.0. The molecule has 2 fully saturated rings. The molecule has 2 amide bonds. The summed E-state index contributed by atoms with van der Waals surface area (Å²) < 4.78 is 28.9. The van der Waals surface area contributed by atoms with E-state index < -0.39 is 34.1 Å². The Morgan fingerprint density at radius 1 is 1.24 bits per heavy atom. The van der Waals surface area contributed by atoms with Gasteiger partial charge in [0.25, 0.3) is 5.91 Å². The summed E-state index contributed by atoms with van der Waals surface area (Å²) in [6, 6.07) is 9.56. The number of nitrogens with one attached hydrogen (secondary N) is 1. The summed E-state index contributed by atoms with van der Waals surface area (Å²) in [5, 5.41) is 15.4. The number of benzene rings is 1. The molecule has 0 aliphatic carbocycles. The van der Waals surface area contributed by atoms with Crippen LogP contribution in [0.1, 0.15) is 35.9 Å². The standard InChI is InChI=1S/C25H26N4O6S2/c1-2-6-18(26-24(31)22-13-16-7-3-4-9-21(16)36-22)25(32)28-12-10-19-23(28)20(30)15-29(19)37(34,35)17-8-5-11-27(33)14-17/h3-5,7-9,11,13-14,18-19,23H,2,6,10,12,15H2,1H3,(H,26,31). The van der Waals surface area contributed by atoms with Crippen LogP contribution in [0.5, 0.6) is 0 Å². The molecule has 5 rings (SSSR count). The van der Waals surface area contributed by atoms with E-state index in [0.29, 0.717) is 22.4 Å². The van der Waals surface area contributed by atoms with Gasteiger partial charge in [0.2, 0.25) is 15.9 Å². The second-order valence-electron chi connectivity index (χ2n) is 9.21. The highest BCUT2D eigenvalue weighted by molar-refractivity contribution is 7.89. The number of aromatic nitrogens is 1. The maximum absolute atomic E-state index is 13.6. The molecule has 3 aromatic rings. The predicted octanol–water partition coefficient (Wildman–Crippen LogP) is 1.68. The van der Waals surface area contributed by atoms with Crippen LogP contribution in [0.3, 0.4) is 0 Å². The van der Waals surface area contributed by atoms with E-state index in [-0.39, 0.29) is 36.1 Å². The molecule has 2 aliphatic heterocycles. The van der Waals surface area contributed by atoms with Crippen molar-refractivity contribution in [3.63, 3.8) is 0 Å². The molecule has 0 radical (unpaired) electrons. The summed E-state index contributed by atoms with van der Waals surface area (Å²) >= 11 is 1.34. The van der Waals surface area contributed by atoms with E-state index in [1.54, 1.807) is 6.07 Å². The molecule has 2 aromatic heterocycles. The van der Waals surface area contributed by atoms with Gasteiger partial charge in [0.15, 0.2) is 18.2 Å². The Bertz CT molecular complexity index is 1450. The van der Waals surface area contributed by atoms with Crippen LogP contribution >= 0.6 is 11.3 Å². The Morgan fingerprint density at radius 3 is 2.76 bits per heavy atom. The fourth-order valence-corrected chi connectivity index (χ4v) is 7.73. The average molecular weight is 543 g/mol. The summed E-state index contributed by atoms with van der Waals surface area (Å²) in [4.78, 5) is 41.3. The SMILES string of the molecule is CCCC(NC(=O)c1cc2ccccc2s1)C(=O)N1CCC2C1C(=O)CN2S(=O)(=O)c1ccc[n+]([O-])c1. The molecule has 0 saturated carbocycles. The lowest BCUT2D eigenvalue weighted by Crippen LogP contribution is -2.52. The zero-order valence-electron chi connectivity index (χ0n) is 20.1. The van der Waals surface area contributed by atoms with Gasteiger partial charge in [0.05, 0.1) is 17.5 Å². The van der Waals surface area contributed by atoms with Gasteiger partial charge in [-0.25, -0.2) is 8.42 Å². The first kappa shape index (κ1) is 25.3. The highest BCUT2D eigenvalue weighted by atomic mass is 32.2. The maximum Gasteiger partial charge on any atom is 0.262 e. The van der Waals surface area contributed by atoms with Gasteiger partial charge in [0, 0.05) is 17.3 Å². The zero-order chi connectivity index (χ0) is 26.3. The van der Waals surface area contributed by atoms with Gasteiger partial charge in [-0.15, -0.1) is 11.3 Å². The van der Waals surface area contributed by atoms with Crippen molar-refractivity contribution in [2.75, 3.05) is 13.1 Å². The number of nitrogens with zero attached hydrogens (tertiary/aromatic N) is 3. The van der Waals surface area contributed by atoms with Gasteiger partial charge in [-0.05, 0) is 36.4 Å². The quantitative estimate of drug-likeness (QED) is 0.357. The molecule has 194 valence electrons. The van der Waals surface area contributed by atoms with Crippen LogP contribution in [0.25, 0.3) is 10.1 Å². The molecule has 37 heavy (non-hydrogen) atoms. The molecule has 2 aliphatic rings. The second kappa shape index (κ2) is 9.84. The number of rotatable bonds is 7. The fraction of sp³-hybridized carbons (Fsp3) is 0.360. The first-order valence-corrected chi connectivity index (χ1v) is 14.3. The van der Waals surface area contributed by atoms with Gasteiger partial charge >= 0.3 is 0 Å². The smallest absolute Gasteiger partial charge is 0.262 e. The Balaban J connectivity index is 1.35. The van der Waals surface area contributed by atoms with Crippen molar-refractivity contribution in [2.24, 2.45) is 0 Å². The summed E-state index contributed by atoms with van der Waals surface area (Å²) in [7, 11) is -4.11. The predicted molar refractivity (Wildman–Crippen MR) is 136 cm³/mol. The number of Topliss-reactive ketones (excluding diaryl/α,β-unsaturated/α-hetero) is 1. The molecule has 1 N–H and O–H groups in total. The minimum absolute atomic E-state index is 0.196. The number of hydrogen-bond acceptors (Lipinski definition) is 7. The molecule has 1 aromatic carbocycles. The van der Waals surface area contributed by atoms with Crippen LogP contribution in [0.4, 0.5) is 0 Å². The third kappa shape index (κ3) is 4.60. The van der Waals surface area contributed by atoms with Crippen molar-refractivity contribution >= 4 is 49.0 Å². The minimum Gasteiger partial charge on any atom is -0.619 e. The number of fused-ring (bicyclic) bond motifs is 2. The Kier molecular flexibility index (Phi) is 6.73.